The Kier molecular flexibility index (Phi) is 7.25. The zero-order valence-electron chi connectivity index (χ0n) is 13.9. The second kappa shape index (κ2) is 8.92. The summed E-state index contributed by atoms with van der Waals surface area (Å²) in [6, 6.07) is 6.08. The van der Waals surface area contributed by atoms with Crippen LogP contribution in [0.4, 0.5) is 0 Å². The first-order valence-electron chi connectivity index (χ1n) is 7.50. The van der Waals surface area contributed by atoms with E-state index in [-0.39, 0.29) is 5.92 Å². The molecule has 0 aliphatic carbocycles. The first-order valence-corrected chi connectivity index (χ1v) is 7.50. The number of amides is 1. The normalized spacial score (nSPS) is 12.9. The van der Waals surface area contributed by atoms with Gasteiger partial charge in [-0.3, -0.25) is 4.79 Å². The lowest BCUT2D eigenvalue weighted by Gasteiger charge is -2.21. The van der Waals surface area contributed by atoms with Crippen LogP contribution >= 0.6 is 0 Å². The van der Waals surface area contributed by atoms with Gasteiger partial charge in [0, 0.05) is 0 Å². The van der Waals surface area contributed by atoms with Crippen molar-refractivity contribution < 1.29 is 23.9 Å². The maximum Gasteiger partial charge on any atom is 0.338 e. The maximum atomic E-state index is 11.9. The number of benzene rings is 1. The molecule has 1 amide bonds. The summed E-state index contributed by atoms with van der Waals surface area (Å²) in [6.45, 7) is 5.20. The highest BCUT2D eigenvalue weighted by molar-refractivity contribution is 5.92. The molecule has 0 bridgehead atoms. The number of methoxy groups -OCH3 is 1. The lowest BCUT2D eigenvalue weighted by Crippen LogP contribution is -2.47. The zero-order chi connectivity index (χ0) is 17.4. The third-order valence-electron chi connectivity index (χ3n) is 3.61. The van der Waals surface area contributed by atoms with Crippen molar-refractivity contribution in [2.24, 2.45) is 5.92 Å². The molecule has 2 atom stereocenters. The van der Waals surface area contributed by atoms with Crippen LogP contribution in [0.15, 0.2) is 24.3 Å². The van der Waals surface area contributed by atoms with E-state index >= 15 is 0 Å². The van der Waals surface area contributed by atoms with Gasteiger partial charge in [-0.1, -0.05) is 38.0 Å². The molecule has 1 aromatic carbocycles. The smallest absolute Gasteiger partial charge is 0.338 e. The number of nitrogens with one attached hydrogen (secondary N) is 1. The molecule has 6 heteroatoms. The predicted octanol–water partition coefficient (Wildman–Crippen LogP) is 1.86. The van der Waals surface area contributed by atoms with Gasteiger partial charge in [-0.05, 0) is 25.0 Å². The van der Waals surface area contributed by atoms with Gasteiger partial charge in [0.1, 0.15) is 6.04 Å². The topological polar surface area (TPSA) is 81.7 Å². The van der Waals surface area contributed by atoms with Crippen LogP contribution in [0, 0.1) is 12.8 Å². The highest BCUT2D eigenvalue weighted by Gasteiger charge is 2.26. The van der Waals surface area contributed by atoms with Crippen molar-refractivity contribution in [1.82, 2.24) is 5.32 Å². The average molecular weight is 321 g/mol. The van der Waals surface area contributed by atoms with Crippen molar-refractivity contribution in [3.05, 3.63) is 35.4 Å². The molecule has 0 saturated carbocycles. The average Bonchev–Trinajstić information content (AvgIpc) is 2.56. The highest BCUT2D eigenvalue weighted by atomic mass is 16.5. The van der Waals surface area contributed by atoms with Gasteiger partial charge in [-0.25, -0.2) is 9.59 Å². The van der Waals surface area contributed by atoms with E-state index in [9.17, 15) is 14.4 Å². The Labute approximate surface area is 136 Å². The second-order valence-electron chi connectivity index (χ2n) is 5.40. The molecule has 0 fully saturated rings. The van der Waals surface area contributed by atoms with E-state index in [1.807, 2.05) is 20.8 Å². The molecule has 0 saturated heterocycles. The van der Waals surface area contributed by atoms with E-state index in [1.165, 1.54) is 7.11 Å². The maximum absolute atomic E-state index is 11.9. The number of ether oxygens (including phenoxy) is 2. The molecule has 0 aliphatic heterocycles. The largest absolute Gasteiger partial charge is 0.467 e. The monoisotopic (exact) mass is 321 g/mol. The van der Waals surface area contributed by atoms with Gasteiger partial charge in [0.15, 0.2) is 6.61 Å². The van der Waals surface area contributed by atoms with Crippen molar-refractivity contribution in [2.75, 3.05) is 13.7 Å². The molecule has 6 nitrogen and oxygen atoms in total. The van der Waals surface area contributed by atoms with Crippen LogP contribution in [0.3, 0.4) is 0 Å². The third-order valence-corrected chi connectivity index (χ3v) is 3.61. The molecule has 0 unspecified atom stereocenters. The second-order valence-corrected chi connectivity index (χ2v) is 5.40. The van der Waals surface area contributed by atoms with Gasteiger partial charge >= 0.3 is 11.9 Å². The summed E-state index contributed by atoms with van der Waals surface area (Å²) in [5, 5.41) is 2.54. The van der Waals surface area contributed by atoms with Gasteiger partial charge in [-0.15, -0.1) is 0 Å². The van der Waals surface area contributed by atoms with Gasteiger partial charge < -0.3 is 14.8 Å². The molecule has 0 heterocycles. The van der Waals surface area contributed by atoms with E-state index in [2.05, 4.69) is 10.1 Å². The Morgan fingerprint density at radius 1 is 1.17 bits per heavy atom. The molecule has 1 rings (SSSR count). The van der Waals surface area contributed by atoms with Crippen molar-refractivity contribution in [1.29, 1.82) is 0 Å². The number of carbonyl (C=O) groups is 3. The van der Waals surface area contributed by atoms with Gasteiger partial charge in [0.2, 0.25) is 0 Å². The van der Waals surface area contributed by atoms with Gasteiger partial charge in [0.25, 0.3) is 5.91 Å². The first kappa shape index (κ1) is 18.7. The van der Waals surface area contributed by atoms with Crippen LogP contribution in [0.5, 0.6) is 0 Å². The summed E-state index contributed by atoms with van der Waals surface area (Å²) < 4.78 is 9.64. The molecule has 0 aliphatic rings. The van der Waals surface area contributed by atoms with Gasteiger partial charge in [0.05, 0.1) is 12.7 Å². The van der Waals surface area contributed by atoms with E-state index < -0.39 is 30.5 Å². The Bertz CT molecular complexity index is 553. The SMILES string of the molecule is CC[C@@H](C)[C@H](NC(=O)COC(=O)c1ccc(C)cc1)C(=O)OC. The number of rotatable bonds is 7. The predicted molar refractivity (Wildman–Crippen MR) is 84.9 cm³/mol. The van der Waals surface area contributed by atoms with Crippen LogP contribution in [0.1, 0.15) is 36.2 Å². The lowest BCUT2D eigenvalue weighted by molar-refractivity contribution is -0.147. The number of hydrogen-bond acceptors (Lipinski definition) is 5. The van der Waals surface area contributed by atoms with Crippen molar-refractivity contribution in [3.8, 4) is 0 Å². The number of carbonyl (C=O) groups excluding carboxylic acids is 3. The van der Waals surface area contributed by atoms with E-state index in [1.54, 1.807) is 24.3 Å². The van der Waals surface area contributed by atoms with Gasteiger partial charge in [-0.2, -0.15) is 0 Å². The summed E-state index contributed by atoms with van der Waals surface area (Å²) in [5.74, 6) is -1.73. The van der Waals surface area contributed by atoms with Crippen LogP contribution in [-0.4, -0.2) is 37.6 Å². The minimum atomic E-state index is -0.754. The fraction of sp³-hybridized carbons (Fsp3) is 0.471. The molecular formula is C17H23NO5. The summed E-state index contributed by atoms with van der Waals surface area (Å²) in [6.07, 6.45) is 0.698. The quantitative estimate of drug-likeness (QED) is 0.775. The van der Waals surface area contributed by atoms with Crippen molar-refractivity contribution in [2.45, 2.75) is 33.2 Å². The Balaban J connectivity index is 2.56. The van der Waals surface area contributed by atoms with Crippen LogP contribution < -0.4 is 5.32 Å². The Hall–Kier alpha value is -2.37. The van der Waals surface area contributed by atoms with Crippen LogP contribution in [0.25, 0.3) is 0 Å². The van der Waals surface area contributed by atoms with Crippen molar-refractivity contribution >= 4 is 17.8 Å². The molecule has 0 aromatic heterocycles. The number of hydrogen-bond donors (Lipinski definition) is 1. The third kappa shape index (κ3) is 5.73. The molecule has 1 aromatic rings. The standard InChI is InChI=1S/C17H23NO5/c1-5-12(3)15(17(21)22-4)18-14(19)10-23-16(20)13-8-6-11(2)7-9-13/h6-9,12,15H,5,10H2,1-4H3,(H,18,19)/t12-,15+/m1/s1. The first-order chi connectivity index (χ1) is 10.9. The lowest BCUT2D eigenvalue weighted by atomic mass is 9.99. The highest BCUT2D eigenvalue weighted by Crippen LogP contribution is 2.09. The van der Waals surface area contributed by atoms with Crippen LogP contribution in [0.2, 0.25) is 0 Å². The number of esters is 2. The molecular weight excluding hydrogens is 298 g/mol. The van der Waals surface area contributed by atoms with E-state index in [0.29, 0.717) is 12.0 Å². The number of aryl methyl sites for hydroxylation is 1. The minimum Gasteiger partial charge on any atom is -0.467 e. The fourth-order valence-electron chi connectivity index (χ4n) is 1.92. The Morgan fingerprint density at radius 3 is 2.30 bits per heavy atom. The zero-order valence-corrected chi connectivity index (χ0v) is 13.9. The minimum absolute atomic E-state index is 0.0841. The molecule has 0 spiro atoms. The molecule has 1 N–H and O–H groups in total. The Morgan fingerprint density at radius 2 is 1.78 bits per heavy atom. The fourth-order valence-corrected chi connectivity index (χ4v) is 1.92. The molecule has 23 heavy (non-hydrogen) atoms. The van der Waals surface area contributed by atoms with Crippen molar-refractivity contribution in [3.63, 3.8) is 0 Å². The summed E-state index contributed by atoms with van der Waals surface area (Å²) in [5.41, 5.74) is 1.39. The summed E-state index contributed by atoms with van der Waals surface area (Å²) in [4.78, 5) is 35.4. The van der Waals surface area contributed by atoms with Crippen LogP contribution in [-0.2, 0) is 19.1 Å². The molecule has 126 valence electrons. The van der Waals surface area contributed by atoms with E-state index in [4.69, 9.17) is 4.74 Å². The molecule has 0 radical (unpaired) electrons. The summed E-state index contributed by atoms with van der Waals surface area (Å²) in [7, 11) is 1.27. The summed E-state index contributed by atoms with van der Waals surface area (Å²) >= 11 is 0. The van der Waals surface area contributed by atoms with E-state index in [0.717, 1.165) is 5.56 Å².